The highest BCUT2D eigenvalue weighted by Gasteiger charge is 2.17. The number of hydrogen-bond acceptors (Lipinski definition) is 5. The number of carbonyl (C=O) groups excluding carboxylic acids is 2. The number of methoxy groups -OCH3 is 1. The highest BCUT2D eigenvalue weighted by molar-refractivity contribution is 6.06. The van der Waals surface area contributed by atoms with Crippen LogP contribution >= 0.6 is 0 Å². The Morgan fingerprint density at radius 2 is 1.88 bits per heavy atom. The van der Waals surface area contributed by atoms with Gasteiger partial charge in [0.1, 0.15) is 5.75 Å². The summed E-state index contributed by atoms with van der Waals surface area (Å²) in [6.07, 6.45) is 1.47. The van der Waals surface area contributed by atoms with E-state index in [9.17, 15) is 14.7 Å². The van der Waals surface area contributed by atoms with Crippen LogP contribution in [0.5, 0.6) is 5.75 Å². The second-order valence-corrected chi connectivity index (χ2v) is 5.57. The van der Waals surface area contributed by atoms with Crippen molar-refractivity contribution in [3.8, 4) is 11.4 Å². The summed E-state index contributed by atoms with van der Waals surface area (Å²) in [4.78, 5) is 24.0. The van der Waals surface area contributed by atoms with E-state index in [1.54, 1.807) is 11.6 Å². The van der Waals surface area contributed by atoms with Gasteiger partial charge in [-0.25, -0.2) is 9.48 Å². The van der Waals surface area contributed by atoms with Crippen molar-refractivity contribution < 1.29 is 19.4 Å². The van der Waals surface area contributed by atoms with Gasteiger partial charge >= 0.3 is 5.97 Å². The molecule has 0 fully saturated rings. The zero-order valence-electron chi connectivity index (χ0n) is 14.3. The highest BCUT2D eigenvalue weighted by atomic mass is 16.5. The summed E-state index contributed by atoms with van der Waals surface area (Å²) in [6.45, 7) is 1.79. The number of amides is 1. The first-order valence-electron chi connectivity index (χ1n) is 7.84. The lowest BCUT2D eigenvalue weighted by molar-refractivity contribution is 0.0600. The van der Waals surface area contributed by atoms with Gasteiger partial charge < -0.3 is 15.2 Å². The maximum absolute atomic E-state index is 12.5. The molecule has 0 aliphatic rings. The number of nitrogens with one attached hydrogen (secondary N) is 1. The molecular formula is C19H17N3O4. The van der Waals surface area contributed by atoms with Crippen LogP contribution in [0, 0.1) is 6.92 Å². The van der Waals surface area contributed by atoms with E-state index >= 15 is 0 Å². The van der Waals surface area contributed by atoms with Gasteiger partial charge in [0.25, 0.3) is 5.91 Å². The third kappa shape index (κ3) is 3.27. The standard InChI is InChI=1S/C19H17N3O4/c1-12-15(11-20-22(12)14-6-4-3-5-7-14)18(24)21-16-9-8-13(10-17(16)23)19(25)26-2/h3-11,23H,1-2H3,(H,21,24). The molecule has 1 heterocycles. The zero-order chi connectivity index (χ0) is 18.7. The molecule has 26 heavy (non-hydrogen) atoms. The van der Waals surface area contributed by atoms with Crippen molar-refractivity contribution in [3.63, 3.8) is 0 Å². The minimum absolute atomic E-state index is 0.189. The molecule has 3 aromatic rings. The van der Waals surface area contributed by atoms with E-state index in [4.69, 9.17) is 0 Å². The molecule has 0 aliphatic carbocycles. The molecule has 0 unspecified atom stereocenters. The van der Waals surface area contributed by atoms with E-state index in [2.05, 4.69) is 15.2 Å². The van der Waals surface area contributed by atoms with Crippen LogP contribution in [-0.4, -0.2) is 33.9 Å². The van der Waals surface area contributed by atoms with E-state index in [1.165, 1.54) is 31.5 Å². The summed E-state index contributed by atoms with van der Waals surface area (Å²) in [5.41, 5.74) is 2.27. The molecule has 7 nitrogen and oxygen atoms in total. The Kier molecular flexibility index (Phi) is 4.70. The molecule has 132 valence electrons. The van der Waals surface area contributed by atoms with Crippen molar-refractivity contribution in [2.24, 2.45) is 0 Å². The molecule has 3 rings (SSSR count). The number of ether oxygens (including phenoxy) is 1. The number of anilines is 1. The second-order valence-electron chi connectivity index (χ2n) is 5.57. The van der Waals surface area contributed by atoms with Crippen molar-refractivity contribution >= 4 is 17.6 Å². The Morgan fingerprint density at radius 1 is 1.15 bits per heavy atom. The van der Waals surface area contributed by atoms with Crippen LogP contribution in [0.15, 0.2) is 54.7 Å². The van der Waals surface area contributed by atoms with Gasteiger partial charge in [-0.3, -0.25) is 4.79 Å². The Balaban J connectivity index is 1.83. The van der Waals surface area contributed by atoms with Crippen molar-refractivity contribution in [1.29, 1.82) is 0 Å². The Bertz CT molecular complexity index is 964. The molecule has 0 radical (unpaired) electrons. The predicted molar refractivity (Wildman–Crippen MR) is 95.7 cm³/mol. The van der Waals surface area contributed by atoms with Gasteiger partial charge in [-0.2, -0.15) is 5.10 Å². The summed E-state index contributed by atoms with van der Waals surface area (Å²) in [7, 11) is 1.25. The molecule has 0 spiro atoms. The molecule has 2 aromatic carbocycles. The number of para-hydroxylation sites is 1. The average Bonchev–Trinajstić information content (AvgIpc) is 3.05. The summed E-state index contributed by atoms with van der Waals surface area (Å²) >= 11 is 0. The number of phenolic OH excluding ortho intramolecular Hbond substituents is 1. The molecule has 2 N–H and O–H groups in total. The van der Waals surface area contributed by atoms with Crippen LogP contribution in [0.4, 0.5) is 5.69 Å². The normalized spacial score (nSPS) is 10.4. The van der Waals surface area contributed by atoms with Crippen molar-refractivity contribution in [1.82, 2.24) is 9.78 Å². The lowest BCUT2D eigenvalue weighted by Gasteiger charge is -2.09. The van der Waals surface area contributed by atoms with Crippen LogP contribution in [-0.2, 0) is 4.74 Å². The third-order valence-corrected chi connectivity index (χ3v) is 3.92. The number of phenols is 1. The van der Waals surface area contributed by atoms with E-state index in [-0.39, 0.29) is 17.0 Å². The first-order valence-corrected chi connectivity index (χ1v) is 7.84. The van der Waals surface area contributed by atoms with Gasteiger partial charge in [-0.1, -0.05) is 18.2 Å². The monoisotopic (exact) mass is 351 g/mol. The first kappa shape index (κ1) is 17.2. The SMILES string of the molecule is COC(=O)c1ccc(NC(=O)c2cnn(-c3ccccc3)c2C)c(O)c1. The fraction of sp³-hybridized carbons (Fsp3) is 0.105. The van der Waals surface area contributed by atoms with E-state index in [0.717, 1.165) is 5.69 Å². The minimum atomic E-state index is -0.571. The lowest BCUT2D eigenvalue weighted by Crippen LogP contribution is -2.13. The lowest BCUT2D eigenvalue weighted by atomic mass is 10.1. The number of nitrogens with zero attached hydrogens (tertiary/aromatic N) is 2. The van der Waals surface area contributed by atoms with E-state index in [0.29, 0.717) is 11.3 Å². The number of carbonyl (C=O) groups is 2. The number of aromatic nitrogens is 2. The number of benzene rings is 2. The summed E-state index contributed by atoms with van der Waals surface area (Å²) in [6, 6.07) is 13.6. The molecule has 0 saturated carbocycles. The molecule has 7 heteroatoms. The zero-order valence-corrected chi connectivity index (χ0v) is 14.3. The Labute approximate surface area is 149 Å². The molecule has 0 aliphatic heterocycles. The number of rotatable bonds is 4. The van der Waals surface area contributed by atoms with Crippen LogP contribution in [0.1, 0.15) is 26.4 Å². The minimum Gasteiger partial charge on any atom is -0.506 e. The molecular weight excluding hydrogens is 334 g/mol. The third-order valence-electron chi connectivity index (χ3n) is 3.92. The van der Waals surface area contributed by atoms with Crippen LogP contribution in [0.25, 0.3) is 5.69 Å². The fourth-order valence-electron chi connectivity index (χ4n) is 2.53. The predicted octanol–water partition coefficient (Wildman–Crippen LogP) is 2.93. The van der Waals surface area contributed by atoms with Gasteiger partial charge in [0, 0.05) is 0 Å². The number of aromatic hydroxyl groups is 1. The number of hydrogen-bond donors (Lipinski definition) is 2. The van der Waals surface area contributed by atoms with E-state index < -0.39 is 11.9 Å². The van der Waals surface area contributed by atoms with Gasteiger partial charge in [0.2, 0.25) is 0 Å². The highest BCUT2D eigenvalue weighted by Crippen LogP contribution is 2.26. The van der Waals surface area contributed by atoms with Crippen LogP contribution in [0.2, 0.25) is 0 Å². The first-order chi connectivity index (χ1) is 12.5. The van der Waals surface area contributed by atoms with Gasteiger partial charge in [0.15, 0.2) is 0 Å². The average molecular weight is 351 g/mol. The molecule has 0 bridgehead atoms. The van der Waals surface area contributed by atoms with Gasteiger partial charge in [0.05, 0.1) is 41.5 Å². The topological polar surface area (TPSA) is 93.5 Å². The van der Waals surface area contributed by atoms with E-state index in [1.807, 2.05) is 30.3 Å². The number of esters is 1. The van der Waals surface area contributed by atoms with Crippen LogP contribution < -0.4 is 5.32 Å². The second kappa shape index (κ2) is 7.10. The summed E-state index contributed by atoms with van der Waals surface area (Å²) in [5.74, 6) is -1.21. The quantitative estimate of drug-likeness (QED) is 0.557. The Hall–Kier alpha value is -3.61. The molecule has 1 amide bonds. The smallest absolute Gasteiger partial charge is 0.337 e. The molecule has 1 aromatic heterocycles. The Morgan fingerprint density at radius 3 is 2.54 bits per heavy atom. The van der Waals surface area contributed by atoms with Crippen molar-refractivity contribution in [3.05, 3.63) is 71.5 Å². The van der Waals surface area contributed by atoms with Gasteiger partial charge in [-0.05, 0) is 37.3 Å². The maximum Gasteiger partial charge on any atom is 0.337 e. The summed E-state index contributed by atoms with van der Waals surface area (Å²) in [5, 5.41) is 16.9. The van der Waals surface area contributed by atoms with Gasteiger partial charge in [-0.15, -0.1) is 0 Å². The van der Waals surface area contributed by atoms with Crippen LogP contribution in [0.3, 0.4) is 0 Å². The maximum atomic E-state index is 12.5. The van der Waals surface area contributed by atoms with Crippen molar-refractivity contribution in [2.45, 2.75) is 6.92 Å². The molecule has 0 atom stereocenters. The fourth-order valence-corrected chi connectivity index (χ4v) is 2.53. The largest absolute Gasteiger partial charge is 0.506 e. The summed E-state index contributed by atoms with van der Waals surface area (Å²) < 4.78 is 6.26. The van der Waals surface area contributed by atoms with Crippen molar-refractivity contribution in [2.75, 3.05) is 12.4 Å². The molecule has 0 saturated heterocycles.